The topological polar surface area (TPSA) is 46.1 Å². The van der Waals surface area contributed by atoms with Gasteiger partial charge in [-0.25, -0.2) is 0 Å². The quantitative estimate of drug-likeness (QED) is 0.618. The number of rotatable bonds is 5. The Kier molecular flexibility index (Phi) is 4.74. The second-order valence-electron chi connectivity index (χ2n) is 8.01. The van der Waals surface area contributed by atoms with Gasteiger partial charge < -0.3 is 19.7 Å². The Morgan fingerprint density at radius 2 is 2.21 bits per heavy atom. The van der Waals surface area contributed by atoms with Crippen LogP contribution in [0.1, 0.15) is 46.0 Å². The fraction of sp³-hybridized carbons (Fsp3) is 0.947. The maximum Gasteiger partial charge on any atom is 0.194 e. The molecule has 1 N–H and O–H groups in total. The van der Waals surface area contributed by atoms with E-state index >= 15 is 0 Å². The predicted molar refractivity (Wildman–Crippen MR) is 95.2 cm³/mol. The van der Waals surface area contributed by atoms with Gasteiger partial charge in [-0.2, -0.15) is 0 Å². The van der Waals surface area contributed by atoms with Crippen molar-refractivity contribution in [2.45, 2.75) is 58.1 Å². The van der Waals surface area contributed by atoms with Gasteiger partial charge in [0, 0.05) is 56.1 Å². The molecule has 2 saturated carbocycles. The van der Waals surface area contributed by atoms with Gasteiger partial charge >= 0.3 is 0 Å². The Labute approximate surface area is 146 Å². The van der Waals surface area contributed by atoms with E-state index in [0.717, 1.165) is 45.4 Å². The summed E-state index contributed by atoms with van der Waals surface area (Å²) in [6, 6.07) is 0.579. The maximum absolute atomic E-state index is 6.06. The van der Waals surface area contributed by atoms with Crippen LogP contribution in [0.2, 0.25) is 0 Å². The summed E-state index contributed by atoms with van der Waals surface area (Å²) in [4.78, 5) is 7.29. The third-order valence-electron chi connectivity index (χ3n) is 6.77. The number of ether oxygens (including phenoxy) is 2. The number of nitrogens with zero attached hydrogens (tertiary/aromatic N) is 2. The van der Waals surface area contributed by atoms with Gasteiger partial charge in [-0.1, -0.05) is 6.42 Å². The number of likely N-dealkylation sites (tertiary alicyclic amines) is 1. The van der Waals surface area contributed by atoms with E-state index in [1.807, 2.05) is 0 Å². The second kappa shape index (κ2) is 6.83. The van der Waals surface area contributed by atoms with Crippen LogP contribution in [-0.4, -0.2) is 62.5 Å². The molecular formula is C19H33N3O2. The van der Waals surface area contributed by atoms with Crippen LogP contribution in [0, 0.1) is 17.3 Å². The van der Waals surface area contributed by atoms with E-state index in [0.29, 0.717) is 29.4 Å². The molecule has 2 aliphatic carbocycles. The molecule has 4 unspecified atom stereocenters. The van der Waals surface area contributed by atoms with Gasteiger partial charge in [0.05, 0.1) is 12.7 Å². The van der Waals surface area contributed by atoms with Gasteiger partial charge in [0.25, 0.3) is 0 Å². The molecule has 24 heavy (non-hydrogen) atoms. The van der Waals surface area contributed by atoms with Crippen LogP contribution in [0.25, 0.3) is 0 Å². The fourth-order valence-electron chi connectivity index (χ4n) is 5.43. The van der Waals surface area contributed by atoms with E-state index in [9.17, 15) is 0 Å². The maximum atomic E-state index is 6.06. The van der Waals surface area contributed by atoms with Crippen molar-refractivity contribution in [1.29, 1.82) is 0 Å². The summed E-state index contributed by atoms with van der Waals surface area (Å²) in [6.45, 7) is 9.90. The summed E-state index contributed by atoms with van der Waals surface area (Å²) in [7, 11) is 0. The Morgan fingerprint density at radius 3 is 2.92 bits per heavy atom. The van der Waals surface area contributed by atoms with E-state index in [1.165, 1.54) is 32.1 Å². The zero-order chi connectivity index (χ0) is 16.6. The molecule has 0 radical (unpaired) electrons. The molecule has 0 aromatic heterocycles. The largest absolute Gasteiger partial charge is 0.381 e. The predicted octanol–water partition coefficient (Wildman–Crippen LogP) is 2.27. The van der Waals surface area contributed by atoms with Crippen molar-refractivity contribution in [3.05, 3.63) is 0 Å². The number of fused-ring (bicyclic) bond motifs is 2. The van der Waals surface area contributed by atoms with E-state index < -0.39 is 0 Å². The first-order valence-corrected chi connectivity index (χ1v) is 10.0. The van der Waals surface area contributed by atoms with Gasteiger partial charge in [0.15, 0.2) is 5.96 Å². The van der Waals surface area contributed by atoms with E-state index in [2.05, 4.69) is 24.1 Å². The lowest BCUT2D eigenvalue weighted by Crippen LogP contribution is -2.72. The van der Waals surface area contributed by atoms with Crippen molar-refractivity contribution in [2.24, 2.45) is 22.2 Å². The molecule has 4 aliphatic rings. The summed E-state index contributed by atoms with van der Waals surface area (Å²) < 4.78 is 11.7. The molecule has 0 bridgehead atoms. The molecule has 1 spiro atoms. The number of hydrogen-bond acceptors (Lipinski definition) is 3. The highest BCUT2D eigenvalue weighted by molar-refractivity contribution is 5.81. The van der Waals surface area contributed by atoms with Crippen molar-refractivity contribution in [1.82, 2.24) is 10.2 Å². The van der Waals surface area contributed by atoms with E-state index in [4.69, 9.17) is 14.5 Å². The summed E-state index contributed by atoms with van der Waals surface area (Å²) in [6.07, 6.45) is 6.99. The lowest BCUT2D eigenvalue weighted by molar-refractivity contribution is -0.171. The number of hydrogen-bond donors (Lipinski definition) is 1. The molecule has 136 valence electrons. The molecule has 5 nitrogen and oxygen atoms in total. The van der Waals surface area contributed by atoms with Crippen LogP contribution >= 0.6 is 0 Å². The first-order chi connectivity index (χ1) is 11.8. The van der Waals surface area contributed by atoms with Crippen LogP contribution < -0.4 is 5.32 Å². The van der Waals surface area contributed by atoms with Gasteiger partial charge in [-0.3, -0.25) is 4.99 Å². The summed E-state index contributed by atoms with van der Waals surface area (Å²) >= 11 is 0. The normalized spacial score (nSPS) is 37.2. The van der Waals surface area contributed by atoms with Crippen LogP contribution in [-0.2, 0) is 9.47 Å². The summed E-state index contributed by atoms with van der Waals surface area (Å²) in [5.74, 6) is 2.49. The van der Waals surface area contributed by atoms with Crippen molar-refractivity contribution in [3.63, 3.8) is 0 Å². The number of guanidine groups is 1. The molecular weight excluding hydrogens is 302 g/mol. The molecule has 4 fully saturated rings. The Bertz CT molecular complexity index is 477. The molecule has 4 rings (SSSR count). The molecule has 2 heterocycles. The van der Waals surface area contributed by atoms with E-state index in [1.54, 1.807) is 0 Å². The molecule has 2 aliphatic heterocycles. The highest BCUT2D eigenvalue weighted by Crippen LogP contribution is 2.62. The molecule has 0 aromatic rings. The lowest BCUT2D eigenvalue weighted by Gasteiger charge is -2.63. The van der Waals surface area contributed by atoms with Gasteiger partial charge in [-0.15, -0.1) is 0 Å². The fourth-order valence-corrected chi connectivity index (χ4v) is 5.43. The van der Waals surface area contributed by atoms with E-state index in [-0.39, 0.29) is 0 Å². The Balaban J connectivity index is 1.40. The SMILES string of the molecule is CCN=C(NC1C2CCOC2C12CCC2)N1CCC(COCC)C1. The zero-order valence-corrected chi connectivity index (χ0v) is 15.3. The standard InChI is InChI=1S/C19H33N3O2/c1-3-20-18(22-10-6-14(12-22)13-23-4-2)21-16-15-7-11-24-17(15)19(16)8-5-9-19/h14-17H,3-13H2,1-2H3,(H,20,21). The third-order valence-corrected chi connectivity index (χ3v) is 6.77. The zero-order valence-electron chi connectivity index (χ0n) is 15.3. The van der Waals surface area contributed by atoms with Crippen LogP contribution in [0.3, 0.4) is 0 Å². The lowest BCUT2D eigenvalue weighted by atomic mass is 9.46. The summed E-state index contributed by atoms with van der Waals surface area (Å²) in [5, 5.41) is 3.89. The van der Waals surface area contributed by atoms with Crippen LogP contribution in [0.4, 0.5) is 0 Å². The third kappa shape index (κ3) is 2.64. The van der Waals surface area contributed by atoms with Gasteiger partial charge in [-0.05, 0) is 39.5 Å². The second-order valence-corrected chi connectivity index (χ2v) is 8.01. The Hall–Kier alpha value is -0.810. The number of nitrogens with one attached hydrogen (secondary N) is 1. The van der Waals surface area contributed by atoms with Gasteiger partial charge in [0.2, 0.25) is 0 Å². The van der Waals surface area contributed by atoms with Crippen LogP contribution in [0.5, 0.6) is 0 Å². The van der Waals surface area contributed by atoms with Crippen molar-refractivity contribution in [2.75, 3.05) is 39.5 Å². The molecule has 5 heteroatoms. The highest BCUT2D eigenvalue weighted by Gasteiger charge is 2.66. The Morgan fingerprint density at radius 1 is 1.33 bits per heavy atom. The first kappa shape index (κ1) is 16.6. The minimum Gasteiger partial charge on any atom is -0.381 e. The average molecular weight is 335 g/mol. The van der Waals surface area contributed by atoms with Crippen molar-refractivity contribution < 1.29 is 9.47 Å². The summed E-state index contributed by atoms with van der Waals surface area (Å²) in [5.41, 5.74) is 0.417. The van der Waals surface area contributed by atoms with Crippen LogP contribution in [0.15, 0.2) is 4.99 Å². The van der Waals surface area contributed by atoms with Crippen molar-refractivity contribution in [3.8, 4) is 0 Å². The molecule has 2 saturated heterocycles. The first-order valence-electron chi connectivity index (χ1n) is 10.0. The smallest absolute Gasteiger partial charge is 0.194 e. The average Bonchev–Trinajstić information content (AvgIpc) is 3.16. The minimum absolute atomic E-state index is 0.417. The number of aliphatic imine (C=N–C) groups is 1. The molecule has 0 aromatic carbocycles. The van der Waals surface area contributed by atoms with Gasteiger partial charge in [0.1, 0.15) is 0 Å². The molecule has 4 atom stereocenters. The molecule has 0 amide bonds. The van der Waals surface area contributed by atoms with Crippen molar-refractivity contribution >= 4 is 5.96 Å². The monoisotopic (exact) mass is 335 g/mol. The minimum atomic E-state index is 0.417. The highest BCUT2D eigenvalue weighted by atomic mass is 16.5.